The van der Waals surface area contributed by atoms with Crippen LogP contribution in [0, 0.1) is 23.7 Å². The van der Waals surface area contributed by atoms with Gasteiger partial charge < -0.3 is 0 Å². The van der Waals surface area contributed by atoms with Crippen LogP contribution in [-0.4, -0.2) is 59.7 Å². The highest BCUT2D eigenvalue weighted by Gasteiger charge is 2.59. The maximum atomic E-state index is 13.4. The van der Waals surface area contributed by atoms with Crippen molar-refractivity contribution in [1.82, 2.24) is 14.2 Å². The van der Waals surface area contributed by atoms with Crippen LogP contribution in [0.15, 0.2) is 5.38 Å². The maximum Gasteiger partial charge on any atom is 0.240 e. The number of piperidine rings is 1. The van der Waals surface area contributed by atoms with Gasteiger partial charge in [0.1, 0.15) is 10.7 Å². The molecule has 0 spiro atoms. The minimum Gasteiger partial charge on any atom is -0.297 e. The topological polar surface area (TPSA) is 87.7 Å². The second-order valence-electron chi connectivity index (χ2n) is 9.32. The van der Waals surface area contributed by atoms with E-state index in [-0.39, 0.29) is 29.4 Å². The van der Waals surface area contributed by atoms with E-state index in [1.165, 1.54) is 30.6 Å². The third kappa shape index (κ3) is 3.96. The summed E-state index contributed by atoms with van der Waals surface area (Å²) < 4.78 is 25.7. The van der Waals surface area contributed by atoms with Crippen molar-refractivity contribution in [3.63, 3.8) is 0 Å². The Kier molecular flexibility index (Phi) is 6.07. The molecule has 0 aromatic carbocycles. The molecule has 1 saturated carbocycles. The fraction of sp³-hybridized carbons (Fsp3) is 0.762. The second kappa shape index (κ2) is 8.31. The molecule has 3 heterocycles. The SMILES string of the molecule is CC(C)[C@H]1C(=O)N(S(C)(=O)=O)[C@H]2CCC(C(=O)c3csc(CN4CCCCC4)n3)[C@H]12. The zero-order valence-electron chi connectivity index (χ0n) is 17.9. The van der Waals surface area contributed by atoms with Gasteiger partial charge in [-0.1, -0.05) is 20.3 Å². The normalized spacial score (nSPS) is 30.3. The number of amides is 1. The van der Waals surface area contributed by atoms with Crippen molar-refractivity contribution in [2.75, 3.05) is 19.3 Å². The largest absolute Gasteiger partial charge is 0.297 e. The molecule has 1 unspecified atom stereocenters. The molecule has 30 heavy (non-hydrogen) atoms. The van der Waals surface area contributed by atoms with Crippen molar-refractivity contribution in [1.29, 1.82) is 0 Å². The van der Waals surface area contributed by atoms with Crippen LogP contribution in [0.25, 0.3) is 0 Å². The number of nitrogens with zero attached hydrogens (tertiary/aromatic N) is 3. The number of carbonyl (C=O) groups excluding carboxylic acids is 2. The first kappa shape index (κ1) is 21.9. The van der Waals surface area contributed by atoms with Crippen LogP contribution in [-0.2, 0) is 21.4 Å². The predicted octanol–water partition coefficient (Wildman–Crippen LogP) is 2.78. The van der Waals surface area contributed by atoms with E-state index >= 15 is 0 Å². The summed E-state index contributed by atoms with van der Waals surface area (Å²) >= 11 is 1.52. The van der Waals surface area contributed by atoms with E-state index in [2.05, 4.69) is 9.88 Å². The lowest BCUT2D eigenvalue weighted by Gasteiger charge is -2.25. The van der Waals surface area contributed by atoms with Crippen molar-refractivity contribution < 1.29 is 18.0 Å². The first-order valence-electron chi connectivity index (χ1n) is 10.9. The molecule has 1 aromatic rings. The first-order valence-corrected chi connectivity index (χ1v) is 13.7. The standard InChI is InChI=1S/C21H31N3O4S2/c1-13(2)18-19-14(7-8-16(19)24(21(18)26)30(3,27)28)20(25)15-12-29-17(22-15)11-23-9-5-4-6-10-23/h12-14,16,18-19H,4-11H2,1-3H3/t14?,16-,18+,19-/m0/s1. The van der Waals surface area contributed by atoms with Crippen LogP contribution >= 0.6 is 11.3 Å². The van der Waals surface area contributed by atoms with Crippen LogP contribution in [0.4, 0.5) is 0 Å². The van der Waals surface area contributed by atoms with Crippen LogP contribution in [0.3, 0.4) is 0 Å². The van der Waals surface area contributed by atoms with Gasteiger partial charge in [-0.15, -0.1) is 11.3 Å². The predicted molar refractivity (Wildman–Crippen MR) is 116 cm³/mol. The molecular formula is C21H31N3O4S2. The second-order valence-corrected chi connectivity index (χ2v) is 12.1. The van der Waals surface area contributed by atoms with Crippen LogP contribution < -0.4 is 0 Å². The highest BCUT2D eigenvalue weighted by atomic mass is 32.2. The van der Waals surface area contributed by atoms with Gasteiger partial charge in [0.15, 0.2) is 5.78 Å². The Hall–Kier alpha value is -1.32. The quantitative estimate of drug-likeness (QED) is 0.616. The van der Waals surface area contributed by atoms with Gasteiger partial charge in [0.2, 0.25) is 15.9 Å². The Bertz CT molecular complexity index is 920. The Morgan fingerprint density at radius 3 is 2.57 bits per heavy atom. The number of aromatic nitrogens is 1. The van der Waals surface area contributed by atoms with E-state index < -0.39 is 22.0 Å². The minimum atomic E-state index is -3.65. The van der Waals surface area contributed by atoms with Crippen molar-refractivity contribution in [2.24, 2.45) is 23.7 Å². The molecule has 166 valence electrons. The maximum absolute atomic E-state index is 13.4. The molecule has 4 rings (SSSR count). The van der Waals surface area contributed by atoms with E-state index in [0.717, 1.165) is 35.2 Å². The average molecular weight is 454 g/mol. The third-order valence-electron chi connectivity index (χ3n) is 6.92. The zero-order valence-corrected chi connectivity index (χ0v) is 19.5. The number of thiazole rings is 1. The zero-order chi connectivity index (χ0) is 21.6. The van der Waals surface area contributed by atoms with Crippen LogP contribution in [0.1, 0.15) is 61.4 Å². The van der Waals surface area contributed by atoms with Crippen LogP contribution in [0.2, 0.25) is 0 Å². The van der Waals surface area contributed by atoms with Crippen molar-refractivity contribution in [3.8, 4) is 0 Å². The lowest BCUT2D eigenvalue weighted by Crippen LogP contribution is -2.38. The summed E-state index contributed by atoms with van der Waals surface area (Å²) in [6, 6.07) is -0.402. The molecule has 0 radical (unpaired) electrons. The average Bonchev–Trinajstić information content (AvgIpc) is 3.35. The molecule has 9 heteroatoms. The number of carbonyl (C=O) groups is 2. The van der Waals surface area contributed by atoms with E-state index in [0.29, 0.717) is 18.5 Å². The minimum absolute atomic E-state index is 0.0183. The summed E-state index contributed by atoms with van der Waals surface area (Å²) in [5.41, 5.74) is 0.477. The van der Waals surface area contributed by atoms with Gasteiger partial charge in [0.25, 0.3) is 0 Å². The molecule has 3 aliphatic rings. The van der Waals surface area contributed by atoms with Gasteiger partial charge in [-0.05, 0) is 44.7 Å². The first-order chi connectivity index (χ1) is 14.2. The Balaban J connectivity index is 1.54. The van der Waals surface area contributed by atoms with Crippen LogP contribution in [0.5, 0.6) is 0 Å². The molecular weight excluding hydrogens is 422 g/mol. The van der Waals surface area contributed by atoms with Crippen molar-refractivity contribution in [3.05, 3.63) is 16.1 Å². The summed E-state index contributed by atoms with van der Waals surface area (Å²) in [4.78, 5) is 33.3. The molecule has 7 nitrogen and oxygen atoms in total. The lowest BCUT2D eigenvalue weighted by molar-refractivity contribution is -0.129. The molecule has 1 aromatic heterocycles. The molecule has 1 aliphatic carbocycles. The Morgan fingerprint density at radius 2 is 1.93 bits per heavy atom. The number of hydrogen-bond acceptors (Lipinski definition) is 7. The summed E-state index contributed by atoms with van der Waals surface area (Å²) in [6.07, 6.45) is 5.95. The fourth-order valence-electron chi connectivity index (χ4n) is 5.68. The monoisotopic (exact) mass is 453 g/mol. The van der Waals surface area contributed by atoms with Crippen molar-refractivity contribution in [2.45, 2.75) is 58.5 Å². The Labute approximate surface area is 182 Å². The molecule has 3 fully saturated rings. The number of fused-ring (bicyclic) bond motifs is 1. The third-order valence-corrected chi connectivity index (χ3v) is 8.92. The number of rotatable bonds is 6. The molecule has 2 aliphatic heterocycles. The molecule has 0 bridgehead atoms. The van der Waals surface area contributed by atoms with Gasteiger partial charge >= 0.3 is 0 Å². The van der Waals surface area contributed by atoms with Gasteiger partial charge in [0, 0.05) is 23.1 Å². The van der Waals surface area contributed by atoms with E-state index in [9.17, 15) is 18.0 Å². The number of Topliss-reactive ketones (excluding diaryl/α,β-unsaturated/α-hetero) is 1. The number of likely N-dealkylation sites (tertiary alicyclic amines) is 1. The smallest absolute Gasteiger partial charge is 0.240 e. The fourth-order valence-corrected chi connectivity index (χ4v) is 7.69. The summed E-state index contributed by atoms with van der Waals surface area (Å²) in [5, 5.41) is 2.79. The lowest BCUT2D eigenvalue weighted by atomic mass is 9.76. The van der Waals surface area contributed by atoms with E-state index in [4.69, 9.17) is 0 Å². The molecule has 4 atom stereocenters. The summed E-state index contributed by atoms with van der Waals surface area (Å²) in [7, 11) is -3.65. The van der Waals surface area contributed by atoms with E-state index in [1.54, 1.807) is 0 Å². The van der Waals surface area contributed by atoms with Crippen molar-refractivity contribution >= 4 is 33.1 Å². The van der Waals surface area contributed by atoms with Gasteiger partial charge in [-0.2, -0.15) is 0 Å². The summed E-state index contributed by atoms with van der Waals surface area (Å²) in [5.74, 6) is -1.43. The van der Waals surface area contributed by atoms with Gasteiger partial charge in [0.05, 0.1) is 18.8 Å². The van der Waals surface area contributed by atoms with Gasteiger partial charge in [-0.25, -0.2) is 17.7 Å². The number of sulfonamides is 1. The number of hydrogen-bond donors (Lipinski definition) is 0. The molecule has 0 N–H and O–H groups in total. The number of ketones is 1. The molecule has 2 saturated heterocycles. The Morgan fingerprint density at radius 1 is 1.23 bits per heavy atom. The highest BCUT2D eigenvalue weighted by molar-refractivity contribution is 7.88. The highest BCUT2D eigenvalue weighted by Crippen LogP contribution is 2.50. The van der Waals surface area contributed by atoms with E-state index in [1.807, 2.05) is 19.2 Å². The summed E-state index contributed by atoms with van der Waals surface area (Å²) in [6.45, 7) is 6.81. The molecule has 1 amide bonds. The van der Waals surface area contributed by atoms with Gasteiger partial charge in [-0.3, -0.25) is 14.5 Å².